The zero-order valence-electron chi connectivity index (χ0n) is 8.93. The van der Waals surface area contributed by atoms with Crippen LogP contribution in [0.1, 0.15) is 13.8 Å². The summed E-state index contributed by atoms with van der Waals surface area (Å²) in [5.41, 5.74) is 0. The Labute approximate surface area is 86.0 Å². The number of allylic oxidation sites excluding steroid dienone is 3. The third-order valence-electron chi connectivity index (χ3n) is 3.15. The van der Waals surface area contributed by atoms with Gasteiger partial charge in [0.25, 0.3) is 0 Å². The van der Waals surface area contributed by atoms with Crippen LogP contribution in [0.5, 0.6) is 0 Å². The predicted octanol–water partition coefficient (Wildman–Crippen LogP) is 1.60. The van der Waals surface area contributed by atoms with Gasteiger partial charge in [-0.05, 0) is 24.7 Å². The molecule has 0 aromatic heterocycles. The second-order valence-corrected chi connectivity index (χ2v) is 4.04. The molecule has 14 heavy (non-hydrogen) atoms. The number of hydrogen-bond acceptors (Lipinski definition) is 2. The van der Waals surface area contributed by atoms with E-state index < -0.39 is 0 Å². The SMILES string of the molecule is C/C=C/C1C(C)C=CC(CO)C1CO. The van der Waals surface area contributed by atoms with E-state index in [9.17, 15) is 10.2 Å². The van der Waals surface area contributed by atoms with Gasteiger partial charge in [0.15, 0.2) is 0 Å². The van der Waals surface area contributed by atoms with Crippen molar-refractivity contribution in [3.05, 3.63) is 24.3 Å². The van der Waals surface area contributed by atoms with E-state index in [0.29, 0.717) is 11.8 Å². The van der Waals surface area contributed by atoms with Crippen molar-refractivity contribution in [1.82, 2.24) is 0 Å². The van der Waals surface area contributed by atoms with Gasteiger partial charge >= 0.3 is 0 Å². The van der Waals surface area contributed by atoms with Crippen molar-refractivity contribution in [2.24, 2.45) is 23.7 Å². The molecule has 0 aliphatic heterocycles. The number of aliphatic hydroxyl groups is 2. The van der Waals surface area contributed by atoms with Crippen LogP contribution in [0.15, 0.2) is 24.3 Å². The van der Waals surface area contributed by atoms with E-state index in [1.165, 1.54) is 0 Å². The molecular formula is C12H20O2. The third kappa shape index (κ3) is 2.25. The molecule has 0 aromatic carbocycles. The van der Waals surface area contributed by atoms with Crippen LogP contribution in [0.2, 0.25) is 0 Å². The lowest BCUT2D eigenvalue weighted by Gasteiger charge is -2.35. The zero-order chi connectivity index (χ0) is 10.6. The minimum Gasteiger partial charge on any atom is -0.396 e. The summed E-state index contributed by atoms with van der Waals surface area (Å²) in [5, 5.41) is 18.5. The van der Waals surface area contributed by atoms with Crippen molar-refractivity contribution in [3.63, 3.8) is 0 Å². The van der Waals surface area contributed by atoms with Crippen molar-refractivity contribution in [3.8, 4) is 0 Å². The summed E-state index contributed by atoms with van der Waals surface area (Å²) in [4.78, 5) is 0. The molecule has 80 valence electrons. The van der Waals surface area contributed by atoms with Gasteiger partial charge in [-0.15, -0.1) is 0 Å². The first kappa shape index (κ1) is 11.5. The molecule has 0 amide bonds. The summed E-state index contributed by atoms with van der Waals surface area (Å²) in [7, 11) is 0. The van der Waals surface area contributed by atoms with Gasteiger partial charge in [0.05, 0.1) is 0 Å². The monoisotopic (exact) mass is 196 g/mol. The highest BCUT2D eigenvalue weighted by Crippen LogP contribution is 2.34. The Kier molecular flexibility index (Phi) is 4.36. The quantitative estimate of drug-likeness (QED) is 0.673. The molecule has 1 aliphatic carbocycles. The second-order valence-electron chi connectivity index (χ2n) is 4.04. The van der Waals surface area contributed by atoms with Gasteiger partial charge in [-0.3, -0.25) is 0 Å². The maximum absolute atomic E-state index is 9.33. The van der Waals surface area contributed by atoms with Crippen molar-refractivity contribution < 1.29 is 10.2 Å². The molecule has 4 unspecified atom stereocenters. The van der Waals surface area contributed by atoms with E-state index >= 15 is 0 Å². The van der Waals surface area contributed by atoms with E-state index in [0.717, 1.165) is 0 Å². The van der Waals surface area contributed by atoms with Crippen molar-refractivity contribution >= 4 is 0 Å². The topological polar surface area (TPSA) is 40.5 Å². The molecule has 0 fully saturated rings. The van der Waals surface area contributed by atoms with Crippen molar-refractivity contribution in [1.29, 1.82) is 0 Å². The molecule has 1 rings (SSSR count). The van der Waals surface area contributed by atoms with Gasteiger partial charge in [-0.25, -0.2) is 0 Å². The van der Waals surface area contributed by atoms with E-state index in [1.54, 1.807) is 0 Å². The standard InChI is InChI=1S/C12H20O2/c1-3-4-11-9(2)5-6-10(7-13)12(11)8-14/h3-6,9-14H,7-8H2,1-2H3/b4-3+. The minimum atomic E-state index is 0.109. The predicted molar refractivity (Wildman–Crippen MR) is 57.8 cm³/mol. The Hall–Kier alpha value is -0.600. The van der Waals surface area contributed by atoms with E-state index in [4.69, 9.17) is 0 Å². The lowest BCUT2D eigenvalue weighted by molar-refractivity contribution is 0.0973. The first-order valence-corrected chi connectivity index (χ1v) is 5.27. The van der Waals surface area contributed by atoms with E-state index in [2.05, 4.69) is 19.1 Å². The molecule has 0 radical (unpaired) electrons. The number of rotatable bonds is 3. The number of hydrogen-bond donors (Lipinski definition) is 2. The van der Waals surface area contributed by atoms with Crippen LogP contribution in [0.3, 0.4) is 0 Å². The highest BCUT2D eigenvalue weighted by Gasteiger charge is 2.31. The molecule has 0 bridgehead atoms. The van der Waals surface area contributed by atoms with Crippen LogP contribution in [0.25, 0.3) is 0 Å². The zero-order valence-corrected chi connectivity index (χ0v) is 8.93. The van der Waals surface area contributed by atoms with Gasteiger partial charge in [-0.1, -0.05) is 31.2 Å². The Morgan fingerprint density at radius 2 is 1.93 bits per heavy atom. The Bertz CT molecular complexity index is 220. The maximum Gasteiger partial charge on any atom is 0.0497 e. The van der Waals surface area contributed by atoms with E-state index in [-0.39, 0.29) is 25.0 Å². The summed E-state index contributed by atoms with van der Waals surface area (Å²) in [6, 6.07) is 0. The van der Waals surface area contributed by atoms with Gasteiger partial charge in [0.1, 0.15) is 0 Å². The summed E-state index contributed by atoms with van der Waals surface area (Å²) < 4.78 is 0. The van der Waals surface area contributed by atoms with Crippen LogP contribution in [0, 0.1) is 23.7 Å². The Morgan fingerprint density at radius 3 is 2.43 bits per heavy atom. The molecule has 0 aromatic rings. The summed E-state index contributed by atoms with van der Waals surface area (Å²) >= 11 is 0. The normalized spacial score (nSPS) is 38.0. The molecule has 1 aliphatic rings. The fourth-order valence-electron chi connectivity index (χ4n) is 2.26. The molecule has 0 saturated heterocycles. The summed E-state index contributed by atoms with van der Waals surface area (Å²) in [6.07, 6.45) is 8.33. The Morgan fingerprint density at radius 1 is 1.21 bits per heavy atom. The highest BCUT2D eigenvalue weighted by molar-refractivity contribution is 5.09. The van der Waals surface area contributed by atoms with Crippen LogP contribution in [-0.4, -0.2) is 23.4 Å². The second kappa shape index (κ2) is 5.32. The van der Waals surface area contributed by atoms with Crippen LogP contribution in [-0.2, 0) is 0 Å². The van der Waals surface area contributed by atoms with Crippen molar-refractivity contribution in [2.75, 3.05) is 13.2 Å². The van der Waals surface area contributed by atoms with Crippen LogP contribution < -0.4 is 0 Å². The molecule has 0 saturated carbocycles. The molecule has 0 heterocycles. The first-order valence-electron chi connectivity index (χ1n) is 5.27. The molecule has 0 spiro atoms. The lowest BCUT2D eigenvalue weighted by Crippen LogP contribution is -2.33. The highest BCUT2D eigenvalue weighted by atomic mass is 16.3. The van der Waals surface area contributed by atoms with E-state index in [1.807, 2.05) is 19.1 Å². The van der Waals surface area contributed by atoms with Gasteiger partial charge in [-0.2, -0.15) is 0 Å². The molecular weight excluding hydrogens is 176 g/mol. The molecule has 4 atom stereocenters. The van der Waals surface area contributed by atoms with Crippen LogP contribution >= 0.6 is 0 Å². The fourth-order valence-corrected chi connectivity index (χ4v) is 2.26. The summed E-state index contributed by atoms with van der Waals surface area (Å²) in [5.74, 6) is 1.08. The minimum absolute atomic E-state index is 0.109. The smallest absolute Gasteiger partial charge is 0.0497 e. The van der Waals surface area contributed by atoms with Gasteiger partial charge < -0.3 is 10.2 Å². The average Bonchev–Trinajstić information content (AvgIpc) is 2.21. The third-order valence-corrected chi connectivity index (χ3v) is 3.15. The largest absolute Gasteiger partial charge is 0.396 e. The molecule has 2 N–H and O–H groups in total. The van der Waals surface area contributed by atoms with Gasteiger partial charge in [0, 0.05) is 19.1 Å². The number of aliphatic hydroxyl groups excluding tert-OH is 2. The molecule has 2 nitrogen and oxygen atoms in total. The van der Waals surface area contributed by atoms with Gasteiger partial charge in [0.2, 0.25) is 0 Å². The van der Waals surface area contributed by atoms with Crippen molar-refractivity contribution in [2.45, 2.75) is 13.8 Å². The summed E-state index contributed by atoms with van der Waals surface area (Å²) in [6.45, 7) is 4.42. The average molecular weight is 196 g/mol. The molecule has 2 heteroatoms. The first-order chi connectivity index (χ1) is 6.74. The van der Waals surface area contributed by atoms with Crippen LogP contribution in [0.4, 0.5) is 0 Å². The Balaban J connectivity index is 2.84. The maximum atomic E-state index is 9.33. The lowest BCUT2D eigenvalue weighted by atomic mass is 9.71. The fraction of sp³-hybridized carbons (Fsp3) is 0.667.